The van der Waals surface area contributed by atoms with Crippen LogP contribution in [0.2, 0.25) is 0 Å². The molecular weight excluding hydrogens is 357 g/mol. The highest BCUT2D eigenvalue weighted by Crippen LogP contribution is 2.34. The highest BCUT2D eigenvalue weighted by molar-refractivity contribution is 6.00. The van der Waals surface area contributed by atoms with E-state index >= 15 is 0 Å². The van der Waals surface area contributed by atoms with Crippen LogP contribution >= 0.6 is 0 Å². The molecule has 1 heterocycles. The SMILES string of the molecule is COc1ccc2c(c1)C(=O)C(CN1CCC(O)(c3ccc(F)cc3)CC1)CC2. The van der Waals surface area contributed by atoms with Crippen molar-refractivity contribution in [3.63, 3.8) is 0 Å². The first-order chi connectivity index (χ1) is 13.5. The number of hydrogen-bond acceptors (Lipinski definition) is 4. The van der Waals surface area contributed by atoms with Crippen molar-refractivity contribution in [2.75, 3.05) is 26.7 Å². The van der Waals surface area contributed by atoms with Crippen LogP contribution in [0.15, 0.2) is 42.5 Å². The number of ketones is 1. The number of benzene rings is 2. The number of methoxy groups -OCH3 is 1. The molecule has 4 rings (SSSR count). The predicted molar refractivity (Wildman–Crippen MR) is 105 cm³/mol. The quantitative estimate of drug-likeness (QED) is 0.877. The second kappa shape index (κ2) is 7.64. The van der Waals surface area contributed by atoms with Gasteiger partial charge in [-0.05, 0) is 61.1 Å². The van der Waals surface area contributed by atoms with Crippen molar-refractivity contribution in [2.45, 2.75) is 31.3 Å². The Balaban J connectivity index is 1.40. The summed E-state index contributed by atoms with van der Waals surface area (Å²) in [5.74, 6) is 0.601. The number of aliphatic hydroxyl groups is 1. The number of carbonyl (C=O) groups is 1. The van der Waals surface area contributed by atoms with E-state index in [2.05, 4.69) is 4.90 Å². The highest BCUT2D eigenvalue weighted by Gasteiger charge is 2.36. The van der Waals surface area contributed by atoms with Gasteiger partial charge >= 0.3 is 0 Å². The molecule has 0 radical (unpaired) electrons. The van der Waals surface area contributed by atoms with Gasteiger partial charge in [0.2, 0.25) is 0 Å². The molecular formula is C23H26FNO3. The molecule has 5 heteroatoms. The average molecular weight is 383 g/mol. The van der Waals surface area contributed by atoms with Crippen LogP contribution in [-0.2, 0) is 12.0 Å². The van der Waals surface area contributed by atoms with E-state index in [0.29, 0.717) is 12.8 Å². The summed E-state index contributed by atoms with van der Waals surface area (Å²) in [4.78, 5) is 15.2. The summed E-state index contributed by atoms with van der Waals surface area (Å²) in [6, 6.07) is 11.9. The Bertz CT molecular complexity index is 857. The third-order valence-corrected chi connectivity index (χ3v) is 6.26. The van der Waals surface area contributed by atoms with E-state index in [1.165, 1.54) is 12.1 Å². The Kier molecular flexibility index (Phi) is 5.21. The molecule has 2 aromatic rings. The molecule has 1 aliphatic heterocycles. The van der Waals surface area contributed by atoms with Gasteiger partial charge in [0.05, 0.1) is 12.7 Å². The first-order valence-electron chi connectivity index (χ1n) is 9.90. The molecule has 0 saturated carbocycles. The summed E-state index contributed by atoms with van der Waals surface area (Å²) < 4.78 is 18.4. The van der Waals surface area contributed by atoms with Crippen molar-refractivity contribution in [1.82, 2.24) is 4.90 Å². The number of nitrogens with zero attached hydrogens (tertiary/aromatic N) is 1. The summed E-state index contributed by atoms with van der Waals surface area (Å²) in [7, 11) is 1.61. The maximum Gasteiger partial charge on any atom is 0.167 e. The predicted octanol–water partition coefficient (Wildman–Crippen LogP) is 3.56. The van der Waals surface area contributed by atoms with Gasteiger partial charge in [0.1, 0.15) is 11.6 Å². The Labute approximate surface area is 164 Å². The summed E-state index contributed by atoms with van der Waals surface area (Å²) in [6.45, 7) is 2.17. The summed E-state index contributed by atoms with van der Waals surface area (Å²) in [5, 5.41) is 11.0. The second-order valence-corrected chi connectivity index (χ2v) is 7.96. The first-order valence-corrected chi connectivity index (χ1v) is 9.90. The van der Waals surface area contributed by atoms with E-state index in [1.807, 2.05) is 18.2 Å². The number of fused-ring (bicyclic) bond motifs is 1. The van der Waals surface area contributed by atoms with Gasteiger partial charge in [-0.2, -0.15) is 0 Å². The van der Waals surface area contributed by atoms with Gasteiger partial charge < -0.3 is 14.7 Å². The Morgan fingerprint density at radius 3 is 2.57 bits per heavy atom. The van der Waals surface area contributed by atoms with Crippen LogP contribution in [0.4, 0.5) is 4.39 Å². The standard InChI is InChI=1S/C23H26FNO3/c1-28-20-9-4-16-2-3-17(22(26)21(16)14-20)15-25-12-10-23(27,11-13-25)18-5-7-19(24)8-6-18/h4-9,14,17,27H,2-3,10-13,15H2,1H3. The molecule has 1 N–H and O–H groups in total. The number of carbonyl (C=O) groups excluding carboxylic acids is 1. The van der Waals surface area contributed by atoms with E-state index in [4.69, 9.17) is 4.74 Å². The van der Waals surface area contributed by atoms with Crippen molar-refractivity contribution in [2.24, 2.45) is 5.92 Å². The van der Waals surface area contributed by atoms with Crippen LogP contribution < -0.4 is 4.74 Å². The largest absolute Gasteiger partial charge is 0.497 e. The van der Waals surface area contributed by atoms with Gasteiger partial charge in [0.25, 0.3) is 0 Å². The number of Topliss-reactive ketones (excluding diaryl/α,β-unsaturated/α-hetero) is 1. The maximum atomic E-state index is 13.2. The Morgan fingerprint density at radius 1 is 1.18 bits per heavy atom. The lowest BCUT2D eigenvalue weighted by Gasteiger charge is -2.40. The van der Waals surface area contributed by atoms with Gasteiger partial charge in [-0.3, -0.25) is 4.79 Å². The van der Waals surface area contributed by atoms with Gasteiger partial charge in [0, 0.05) is 31.1 Å². The number of rotatable bonds is 4. The third kappa shape index (κ3) is 3.69. The second-order valence-electron chi connectivity index (χ2n) is 7.96. The molecule has 1 fully saturated rings. The number of halogens is 1. The Hall–Kier alpha value is -2.24. The molecule has 0 bridgehead atoms. The lowest BCUT2D eigenvalue weighted by molar-refractivity contribution is -0.0283. The molecule has 1 unspecified atom stereocenters. The zero-order chi connectivity index (χ0) is 19.7. The minimum absolute atomic E-state index is 0.0170. The molecule has 2 aliphatic rings. The molecule has 4 nitrogen and oxygen atoms in total. The van der Waals surface area contributed by atoms with Crippen LogP contribution in [0.3, 0.4) is 0 Å². The van der Waals surface area contributed by atoms with E-state index in [9.17, 15) is 14.3 Å². The van der Waals surface area contributed by atoms with Gasteiger partial charge in [-0.15, -0.1) is 0 Å². The highest BCUT2D eigenvalue weighted by atomic mass is 19.1. The van der Waals surface area contributed by atoms with Crippen molar-refractivity contribution in [3.05, 3.63) is 65.0 Å². The van der Waals surface area contributed by atoms with Crippen LogP contribution in [-0.4, -0.2) is 42.5 Å². The Morgan fingerprint density at radius 2 is 1.89 bits per heavy atom. The summed E-state index contributed by atoms with van der Waals surface area (Å²) >= 11 is 0. The lowest BCUT2D eigenvalue weighted by atomic mass is 9.81. The zero-order valence-electron chi connectivity index (χ0n) is 16.2. The fourth-order valence-electron chi connectivity index (χ4n) is 4.45. The third-order valence-electron chi connectivity index (χ3n) is 6.26. The van der Waals surface area contributed by atoms with E-state index in [1.54, 1.807) is 19.2 Å². The fraction of sp³-hybridized carbons (Fsp3) is 0.435. The topological polar surface area (TPSA) is 49.8 Å². The number of ether oxygens (including phenoxy) is 1. The molecule has 0 amide bonds. The van der Waals surface area contributed by atoms with Crippen molar-refractivity contribution < 1.29 is 19.0 Å². The number of aryl methyl sites for hydroxylation is 1. The summed E-state index contributed by atoms with van der Waals surface area (Å²) in [6.07, 6.45) is 2.94. The van der Waals surface area contributed by atoms with Crippen LogP contribution in [0, 0.1) is 11.7 Å². The molecule has 0 aromatic heterocycles. The molecule has 28 heavy (non-hydrogen) atoms. The average Bonchev–Trinajstić information content (AvgIpc) is 2.72. The minimum atomic E-state index is -0.916. The minimum Gasteiger partial charge on any atom is -0.497 e. The smallest absolute Gasteiger partial charge is 0.167 e. The molecule has 1 atom stereocenters. The lowest BCUT2D eigenvalue weighted by Crippen LogP contribution is -2.45. The van der Waals surface area contributed by atoms with Crippen molar-refractivity contribution in [1.29, 1.82) is 0 Å². The molecule has 2 aromatic carbocycles. The summed E-state index contributed by atoms with van der Waals surface area (Å²) in [5.41, 5.74) is 1.74. The van der Waals surface area contributed by atoms with Gasteiger partial charge in [-0.25, -0.2) is 4.39 Å². The molecule has 0 spiro atoms. The van der Waals surface area contributed by atoms with Crippen molar-refractivity contribution in [3.8, 4) is 5.75 Å². The number of likely N-dealkylation sites (tertiary alicyclic amines) is 1. The fourth-order valence-corrected chi connectivity index (χ4v) is 4.45. The maximum absolute atomic E-state index is 13.2. The number of piperidine rings is 1. The number of hydrogen-bond donors (Lipinski definition) is 1. The van der Waals surface area contributed by atoms with Crippen LogP contribution in [0.1, 0.15) is 40.7 Å². The van der Waals surface area contributed by atoms with Crippen molar-refractivity contribution >= 4 is 5.78 Å². The van der Waals surface area contributed by atoms with E-state index in [-0.39, 0.29) is 17.5 Å². The van der Waals surface area contributed by atoms with Gasteiger partial charge in [0.15, 0.2) is 5.78 Å². The van der Waals surface area contributed by atoms with Gasteiger partial charge in [-0.1, -0.05) is 18.2 Å². The van der Waals surface area contributed by atoms with E-state index in [0.717, 1.165) is 54.9 Å². The van der Waals surface area contributed by atoms with E-state index < -0.39 is 5.60 Å². The molecule has 1 saturated heterocycles. The first kappa shape index (κ1) is 19.1. The molecule has 148 valence electrons. The molecule has 1 aliphatic carbocycles. The van der Waals surface area contributed by atoms with Crippen LogP contribution in [0.5, 0.6) is 5.75 Å². The van der Waals surface area contributed by atoms with Crippen LogP contribution in [0.25, 0.3) is 0 Å². The monoisotopic (exact) mass is 383 g/mol. The zero-order valence-corrected chi connectivity index (χ0v) is 16.2. The normalized spacial score (nSPS) is 22.0.